The second kappa shape index (κ2) is 5.63. The number of nitrogens with zero attached hydrogens (tertiary/aromatic N) is 1. The molecule has 1 aromatic rings. The summed E-state index contributed by atoms with van der Waals surface area (Å²) in [6.07, 6.45) is 8.52. The highest BCUT2D eigenvalue weighted by atomic mass is 32.1. The molecule has 4 nitrogen and oxygen atoms in total. The highest BCUT2D eigenvalue weighted by Crippen LogP contribution is 2.38. The SMILES string of the molecule is Oc1ccccc1/C=N/NC(=S)N[C@H]1C[C@H]2C=C[C@H]1C2. The molecule has 1 fully saturated rings. The topological polar surface area (TPSA) is 56.7 Å². The van der Waals surface area contributed by atoms with Gasteiger partial charge in [-0.15, -0.1) is 0 Å². The molecule has 0 heterocycles. The normalized spacial score (nSPS) is 27.1. The highest BCUT2D eigenvalue weighted by molar-refractivity contribution is 7.80. The van der Waals surface area contributed by atoms with E-state index in [0.29, 0.717) is 28.6 Å². The van der Waals surface area contributed by atoms with Crippen LogP contribution >= 0.6 is 12.2 Å². The number of benzene rings is 1. The first-order valence-corrected chi connectivity index (χ1v) is 7.19. The van der Waals surface area contributed by atoms with Gasteiger partial charge in [-0.05, 0) is 49.0 Å². The molecular formula is C15H17N3OS. The summed E-state index contributed by atoms with van der Waals surface area (Å²) in [7, 11) is 0. The summed E-state index contributed by atoms with van der Waals surface area (Å²) in [4.78, 5) is 0. The fraction of sp³-hybridized carbons (Fsp3) is 0.333. The smallest absolute Gasteiger partial charge is 0.187 e. The number of phenols is 1. The number of phenolic OH excluding ortho intramolecular Hbond substituents is 1. The number of rotatable bonds is 3. The molecule has 5 heteroatoms. The average Bonchev–Trinajstić information content (AvgIpc) is 3.03. The number of hydrogen-bond acceptors (Lipinski definition) is 3. The highest BCUT2D eigenvalue weighted by Gasteiger charge is 2.35. The van der Waals surface area contributed by atoms with Crippen LogP contribution in [0.2, 0.25) is 0 Å². The minimum atomic E-state index is 0.204. The zero-order chi connectivity index (χ0) is 13.9. The lowest BCUT2D eigenvalue weighted by Gasteiger charge is -2.20. The Labute approximate surface area is 123 Å². The van der Waals surface area contributed by atoms with E-state index in [4.69, 9.17) is 12.2 Å². The number of allylic oxidation sites excluding steroid dienone is 1. The maximum atomic E-state index is 9.60. The molecule has 1 aromatic carbocycles. The zero-order valence-corrected chi connectivity index (χ0v) is 11.8. The minimum absolute atomic E-state index is 0.204. The quantitative estimate of drug-likeness (QED) is 0.345. The van der Waals surface area contributed by atoms with Crippen LogP contribution in [-0.2, 0) is 0 Å². The molecule has 1 saturated carbocycles. The summed E-state index contributed by atoms with van der Waals surface area (Å²) in [6, 6.07) is 7.45. The molecule has 2 bridgehead atoms. The van der Waals surface area contributed by atoms with E-state index < -0.39 is 0 Å². The summed E-state index contributed by atoms with van der Waals surface area (Å²) >= 11 is 5.23. The Hall–Kier alpha value is -1.88. The molecule has 2 aliphatic carbocycles. The molecule has 0 aromatic heterocycles. The lowest BCUT2D eigenvalue weighted by atomic mass is 10.0. The van der Waals surface area contributed by atoms with E-state index in [9.17, 15) is 5.11 Å². The van der Waals surface area contributed by atoms with Gasteiger partial charge in [0.2, 0.25) is 0 Å². The Morgan fingerprint density at radius 3 is 2.85 bits per heavy atom. The lowest BCUT2D eigenvalue weighted by molar-refractivity contribution is 0.474. The van der Waals surface area contributed by atoms with Crippen molar-refractivity contribution in [3.05, 3.63) is 42.0 Å². The van der Waals surface area contributed by atoms with Crippen LogP contribution < -0.4 is 10.7 Å². The predicted molar refractivity (Wildman–Crippen MR) is 83.7 cm³/mol. The van der Waals surface area contributed by atoms with Crippen LogP contribution in [0.1, 0.15) is 18.4 Å². The first kappa shape index (κ1) is 13.1. The van der Waals surface area contributed by atoms with Crippen LogP contribution in [0.5, 0.6) is 5.75 Å². The third-order valence-corrected chi connectivity index (χ3v) is 4.11. The maximum Gasteiger partial charge on any atom is 0.187 e. The van der Waals surface area contributed by atoms with E-state index in [1.54, 1.807) is 24.4 Å². The number of para-hydroxylation sites is 1. The maximum absolute atomic E-state index is 9.60. The Morgan fingerprint density at radius 2 is 2.15 bits per heavy atom. The van der Waals surface area contributed by atoms with Crippen molar-refractivity contribution in [2.24, 2.45) is 16.9 Å². The first-order valence-electron chi connectivity index (χ1n) is 6.78. The van der Waals surface area contributed by atoms with E-state index in [1.807, 2.05) is 6.07 Å². The number of hydrogen-bond donors (Lipinski definition) is 3. The third-order valence-electron chi connectivity index (χ3n) is 3.90. The molecule has 3 rings (SSSR count). The number of fused-ring (bicyclic) bond motifs is 2. The Morgan fingerprint density at radius 1 is 1.30 bits per heavy atom. The zero-order valence-electron chi connectivity index (χ0n) is 11.0. The number of thiocarbonyl (C=S) groups is 1. The summed E-state index contributed by atoms with van der Waals surface area (Å²) < 4.78 is 0. The standard InChI is InChI=1S/C15H17N3OS/c19-14-4-2-1-3-12(14)9-16-18-15(20)17-13-8-10-5-6-11(13)7-10/h1-6,9-11,13,19H,7-8H2,(H2,17,18,20)/b16-9+/t10-,11-,13-/m0/s1. The van der Waals surface area contributed by atoms with Gasteiger partial charge in [0, 0.05) is 11.6 Å². The molecule has 0 aliphatic heterocycles. The van der Waals surface area contributed by atoms with Crippen molar-refractivity contribution in [3.8, 4) is 5.75 Å². The second-order valence-corrected chi connectivity index (χ2v) is 5.70. The summed E-state index contributed by atoms with van der Waals surface area (Å²) in [5.74, 6) is 1.52. The van der Waals surface area contributed by atoms with Gasteiger partial charge in [0.1, 0.15) is 5.75 Å². The Bertz CT molecular complexity index is 570. The molecule has 0 amide bonds. The van der Waals surface area contributed by atoms with Crippen LogP contribution in [0.15, 0.2) is 41.5 Å². The van der Waals surface area contributed by atoms with Gasteiger partial charge in [-0.2, -0.15) is 5.10 Å². The van der Waals surface area contributed by atoms with Crippen molar-refractivity contribution in [3.63, 3.8) is 0 Å². The van der Waals surface area contributed by atoms with Gasteiger partial charge < -0.3 is 10.4 Å². The van der Waals surface area contributed by atoms with Gasteiger partial charge in [0.05, 0.1) is 6.21 Å². The van der Waals surface area contributed by atoms with Crippen molar-refractivity contribution in [2.75, 3.05) is 0 Å². The van der Waals surface area contributed by atoms with E-state index in [1.165, 1.54) is 6.42 Å². The second-order valence-electron chi connectivity index (χ2n) is 5.29. The molecular weight excluding hydrogens is 270 g/mol. The van der Waals surface area contributed by atoms with Gasteiger partial charge in [0.25, 0.3) is 0 Å². The molecule has 2 aliphatic rings. The molecule has 20 heavy (non-hydrogen) atoms. The Kier molecular flexibility index (Phi) is 3.69. The van der Waals surface area contributed by atoms with Gasteiger partial charge in [-0.1, -0.05) is 24.3 Å². The van der Waals surface area contributed by atoms with Crippen molar-refractivity contribution < 1.29 is 5.11 Å². The van der Waals surface area contributed by atoms with Gasteiger partial charge in [0.15, 0.2) is 5.11 Å². The largest absolute Gasteiger partial charge is 0.507 e. The fourth-order valence-electron chi connectivity index (χ4n) is 2.90. The first-order chi connectivity index (χ1) is 9.72. The number of nitrogens with one attached hydrogen (secondary N) is 2. The number of hydrazone groups is 1. The van der Waals surface area contributed by atoms with Crippen molar-refractivity contribution in [1.29, 1.82) is 0 Å². The van der Waals surface area contributed by atoms with E-state index in [2.05, 4.69) is 28.0 Å². The molecule has 0 saturated heterocycles. The van der Waals surface area contributed by atoms with Crippen LogP contribution in [0.3, 0.4) is 0 Å². The predicted octanol–water partition coefficient (Wildman–Crippen LogP) is 2.15. The average molecular weight is 287 g/mol. The monoisotopic (exact) mass is 287 g/mol. The van der Waals surface area contributed by atoms with Crippen molar-refractivity contribution in [2.45, 2.75) is 18.9 Å². The molecule has 0 radical (unpaired) electrons. The van der Waals surface area contributed by atoms with Crippen LogP contribution in [0, 0.1) is 11.8 Å². The van der Waals surface area contributed by atoms with Crippen molar-refractivity contribution >= 4 is 23.5 Å². The fourth-order valence-corrected chi connectivity index (χ4v) is 3.11. The van der Waals surface area contributed by atoms with Gasteiger partial charge >= 0.3 is 0 Å². The molecule has 104 valence electrons. The molecule has 3 N–H and O–H groups in total. The van der Waals surface area contributed by atoms with Gasteiger partial charge in [-0.25, -0.2) is 0 Å². The minimum Gasteiger partial charge on any atom is -0.507 e. The number of aromatic hydroxyl groups is 1. The van der Waals surface area contributed by atoms with Crippen molar-refractivity contribution in [1.82, 2.24) is 10.7 Å². The molecule has 3 atom stereocenters. The summed E-state index contributed by atoms with van der Waals surface area (Å²) in [5.41, 5.74) is 3.46. The molecule has 0 spiro atoms. The molecule has 0 unspecified atom stereocenters. The summed E-state index contributed by atoms with van der Waals surface area (Å²) in [5, 5.41) is 17.5. The van der Waals surface area contributed by atoms with Gasteiger partial charge in [-0.3, -0.25) is 5.43 Å². The Balaban J connectivity index is 1.50. The van der Waals surface area contributed by atoms with Crippen LogP contribution in [0.25, 0.3) is 0 Å². The van der Waals surface area contributed by atoms with E-state index >= 15 is 0 Å². The summed E-state index contributed by atoms with van der Waals surface area (Å²) in [6.45, 7) is 0. The van der Waals surface area contributed by atoms with E-state index in [0.717, 1.165) is 6.42 Å². The van der Waals surface area contributed by atoms with Crippen LogP contribution in [-0.4, -0.2) is 22.5 Å². The third kappa shape index (κ3) is 2.82. The van der Waals surface area contributed by atoms with Crippen LogP contribution in [0.4, 0.5) is 0 Å². The lowest BCUT2D eigenvalue weighted by Crippen LogP contribution is -2.42. The van der Waals surface area contributed by atoms with E-state index in [-0.39, 0.29) is 5.75 Å².